The summed E-state index contributed by atoms with van der Waals surface area (Å²) < 4.78 is 104. The maximum atomic E-state index is 13.7. The average Bonchev–Trinajstić information content (AvgIpc) is 2.20. The lowest BCUT2D eigenvalue weighted by atomic mass is 10.0. The molecular weight excluding hydrogens is 348 g/mol. The van der Waals surface area contributed by atoms with E-state index in [9.17, 15) is 35.1 Å². The summed E-state index contributed by atoms with van der Waals surface area (Å²) in [6, 6.07) is 0. The van der Waals surface area contributed by atoms with E-state index in [4.69, 9.17) is 0 Å². The predicted molar refractivity (Wildman–Crippen MR) is 74.9 cm³/mol. The van der Waals surface area contributed by atoms with Gasteiger partial charge in [-0.05, 0) is 47.4 Å². The Morgan fingerprint density at radius 1 is 0.708 bits per heavy atom. The standard InChI is InChI=1S/C14H18F8N2/c1-10(2,3)23-7-8(13(17,18)19)9(24-11(4,5)6)12(15,16)14(20,21)22/h1-6H3. The van der Waals surface area contributed by atoms with E-state index in [2.05, 4.69) is 9.98 Å². The zero-order valence-electron chi connectivity index (χ0n) is 13.9. The van der Waals surface area contributed by atoms with E-state index in [-0.39, 0.29) is 0 Å². The van der Waals surface area contributed by atoms with Gasteiger partial charge in [-0.1, -0.05) is 0 Å². The van der Waals surface area contributed by atoms with Crippen LogP contribution in [-0.4, -0.2) is 40.9 Å². The van der Waals surface area contributed by atoms with E-state index in [1.807, 2.05) is 0 Å². The molecule has 0 spiro atoms. The largest absolute Gasteiger partial charge is 0.459 e. The molecular formula is C14H18F8N2. The molecule has 2 nitrogen and oxygen atoms in total. The summed E-state index contributed by atoms with van der Waals surface area (Å²) in [6.07, 6.45) is -11.8. The molecule has 0 rings (SSSR count). The van der Waals surface area contributed by atoms with Gasteiger partial charge in [0.2, 0.25) is 0 Å². The third-order valence-electron chi connectivity index (χ3n) is 2.12. The third kappa shape index (κ3) is 6.59. The van der Waals surface area contributed by atoms with E-state index >= 15 is 0 Å². The Morgan fingerprint density at radius 2 is 1.12 bits per heavy atom. The molecule has 0 bridgehead atoms. The van der Waals surface area contributed by atoms with Crippen molar-refractivity contribution in [2.45, 2.75) is 70.9 Å². The number of rotatable bonds is 2. The Labute approximate surface area is 134 Å². The van der Waals surface area contributed by atoms with Crippen LogP contribution in [-0.2, 0) is 0 Å². The molecule has 0 unspecified atom stereocenters. The predicted octanol–water partition coefficient (Wildman–Crippen LogP) is 5.38. The Hall–Kier alpha value is -1.44. The maximum absolute atomic E-state index is 13.7. The van der Waals surface area contributed by atoms with E-state index in [1.54, 1.807) is 0 Å². The molecule has 0 aromatic carbocycles. The van der Waals surface area contributed by atoms with Crippen molar-refractivity contribution in [2.75, 3.05) is 0 Å². The Bertz CT molecular complexity index is 547. The molecule has 0 saturated carbocycles. The lowest BCUT2D eigenvalue weighted by molar-refractivity contribution is -0.249. The van der Waals surface area contributed by atoms with Gasteiger partial charge in [-0.15, -0.1) is 0 Å². The highest BCUT2D eigenvalue weighted by molar-refractivity contribution is 6.12. The highest BCUT2D eigenvalue weighted by atomic mass is 19.4. The molecule has 0 saturated heterocycles. The Balaban J connectivity index is 6.82. The molecule has 0 aliphatic heterocycles. The van der Waals surface area contributed by atoms with Gasteiger partial charge in [0.15, 0.2) is 0 Å². The first-order valence-electron chi connectivity index (χ1n) is 6.66. The molecule has 140 valence electrons. The van der Waals surface area contributed by atoms with Crippen LogP contribution in [0.4, 0.5) is 35.1 Å². The van der Waals surface area contributed by atoms with Crippen LogP contribution in [0.3, 0.4) is 0 Å². The lowest BCUT2D eigenvalue weighted by Gasteiger charge is -2.26. The average molecular weight is 366 g/mol. The van der Waals surface area contributed by atoms with Gasteiger partial charge in [-0.2, -0.15) is 35.1 Å². The van der Waals surface area contributed by atoms with Crippen LogP contribution in [0.25, 0.3) is 0 Å². The highest BCUT2D eigenvalue weighted by Gasteiger charge is 2.64. The van der Waals surface area contributed by atoms with Crippen LogP contribution in [0.15, 0.2) is 15.6 Å². The fraction of sp³-hybridized carbons (Fsp3) is 0.786. The minimum absolute atomic E-state index is 1.09. The zero-order chi connectivity index (χ0) is 19.8. The van der Waals surface area contributed by atoms with Gasteiger partial charge in [0.05, 0.1) is 11.1 Å². The van der Waals surface area contributed by atoms with Crippen molar-refractivity contribution in [1.29, 1.82) is 0 Å². The second-order valence-electron chi connectivity index (χ2n) is 6.97. The van der Waals surface area contributed by atoms with Gasteiger partial charge in [0, 0.05) is 0 Å². The SMILES string of the molecule is CC(C)(C)N=C=C(C(=NC(C)(C)C)C(F)(F)C(F)(F)F)C(F)(F)F. The normalized spacial score (nSPS) is 15.2. The molecule has 0 aliphatic carbocycles. The minimum atomic E-state index is -6.25. The summed E-state index contributed by atoms with van der Waals surface area (Å²) in [5.74, 6) is -4.51. The number of alkyl halides is 8. The van der Waals surface area contributed by atoms with E-state index in [0.29, 0.717) is 0 Å². The van der Waals surface area contributed by atoms with Crippen LogP contribution in [0, 0.1) is 0 Å². The first-order chi connectivity index (χ1) is 10.2. The molecule has 0 heterocycles. The summed E-state index contributed by atoms with van der Waals surface area (Å²) in [5, 5.41) is 0. The van der Waals surface area contributed by atoms with Crippen LogP contribution in [0.1, 0.15) is 41.5 Å². The first-order valence-corrected chi connectivity index (χ1v) is 6.66. The second-order valence-corrected chi connectivity index (χ2v) is 6.97. The van der Waals surface area contributed by atoms with Gasteiger partial charge in [-0.25, -0.2) is 4.99 Å². The molecule has 0 N–H and O–H groups in total. The summed E-state index contributed by atoms with van der Waals surface area (Å²) in [4.78, 5) is 6.26. The molecule has 0 radical (unpaired) electrons. The first kappa shape index (κ1) is 22.6. The van der Waals surface area contributed by atoms with Crippen LogP contribution in [0.5, 0.6) is 0 Å². The van der Waals surface area contributed by atoms with Gasteiger partial charge < -0.3 is 0 Å². The number of hydrogen-bond acceptors (Lipinski definition) is 2. The molecule has 0 amide bonds. The van der Waals surface area contributed by atoms with Gasteiger partial charge in [0.1, 0.15) is 11.3 Å². The zero-order valence-corrected chi connectivity index (χ0v) is 13.9. The van der Waals surface area contributed by atoms with Crippen LogP contribution < -0.4 is 0 Å². The molecule has 10 heteroatoms. The molecule has 24 heavy (non-hydrogen) atoms. The minimum Gasteiger partial charge on any atom is -0.276 e. The summed E-state index contributed by atoms with van der Waals surface area (Å²) in [6.45, 7) is 7.26. The van der Waals surface area contributed by atoms with Crippen molar-refractivity contribution in [3.8, 4) is 0 Å². The fourth-order valence-electron chi connectivity index (χ4n) is 1.23. The van der Waals surface area contributed by atoms with Crippen molar-refractivity contribution in [3.05, 3.63) is 5.57 Å². The summed E-state index contributed by atoms with van der Waals surface area (Å²) in [5.41, 5.74) is -7.60. The van der Waals surface area contributed by atoms with Crippen molar-refractivity contribution in [2.24, 2.45) is 9.98 Å². The molecule has 0 fully saturated rings. The molecule has 0 aliphatic rings. The van der Waals surface area contributed by atoms with E-state index in [1.165, 1.54) is 26.6 Å². The van der Waals surface area contributed by atoms with Gasteiger partial charge in [0.25, 0.3) is 0 Å². The third-order valence-corrected chi connectivity index (χ3v) is 2.12. The number of allylic oxidation sites excluding steroid dienone is 1. The number of halogens is 8. The van der Waals surface area contributed by atoms with Crippen molar-refractivity contribution in [1.82, 2.24) is 0 Å². The number of aliphatic imine (C=N–C) groups is 2. The molecule has 0 atom stereocenters. The Kier molecular flexibility index (Phi) is 6.07. The number of hydrogen-bond donors (Lipinski definition) is 0. The lowest BCUT2D eigenvalue weighted by Crippen LogP contribution is -2.48. The van der Waals surface area contributed by atoms with Crippen molar-refractivity contribution >= 4 is 11.6 Å². The van der Waals surface area contributed by atoms with Gasteiger partial charge >= 0.3 is 18.3 Å². The maximum Gasteiger partial charge on any atom is 0.459 e. The monoisotopic (exact) mass is 366 g/mol. The van der Waals surface area contributed by atoms with Crippen molar-refractivity contribution < 1.29 is 35.1 Å². The summed E-state index contributed by atoms with van der Waals surface area (Å²) in [7, 11) is 0. The highest BCUT2D eigenvalue weighted by Crippen LogP contribution is 2.42. The topological polar surface area (TPSA) is 24.7 Å². The van der Waals surface area contributed by atoms with E-state index in [0.717, 1.165) is 20.8 Å². The van der Waals surface area contributed by atoms with Crippen LogP contribution >= 0.6 is 0 Å². The van der Waals surface area contributed by atoms with Gasteiger partial charge in [-0.3, -0.25) is 4.99 Å². The quantitative estimate of drug-likeness (QED) is 0.463. The fourth-order valence-corrected chi connectivity index (χ4v) is 1.23. The smallest absolute Gasteiger partial charge is 0.276 e. The number of nitrogens with zero attached hydrogens (tertiary/aromatic N) is 2. The summed E-state index contributed by atoms with van der Waals surface area (Å²) >= 11 is 0. The molecule has 0 aromatic rings. The van der Waals surface area contributed by atoms with E-state index < -0.39 is 40.6 Å². The second kappa shape index (κ2) is 6.46. The molecule has 0 aromatic heterocycles. The Morgan fingerprint density at radius 3 is 1.38 bits per heavy atom. The van der Waals surface area contributed by atoms with Crippen molar-refractivity contribution in [3.63, 3.8) is 0 Å². The van der Waals surface area contributed by atoms with Crippen LogP contribution in [0.2, 0.25) is 0 Å².